The van der Waals surface area contributed by atoms with E-state index in [1.165, 1.54) is 6.20 Å². The number of H-pyrrole nitrogens is 1. The predicted molar refractivity (Wildman–Crippen MR) is 79.9 cm³/mol. The van der Waals surface area contributed by atoms with Crippen LogP contribution in [0.25, 0.3) is 22.6 Å². The summed E-state index contributed by atoms with van der Waals surface area (Å²) in [5, 5.41) is 0. The maximum Gasteiger partial charge on any atom is 0.156 e. The van der Waals surface area contributed by atoms with Gasteiger partial charge in [-0.25, -0.2) is 4.98 Å². The number of aldehydes is 1. The topological polar surface area (TPSA) is 71.5 Å². The summed E-state index contributed by atoms with van der Waals surface area (Å²) >= 11 is 0. The maximum atomic E-state index is 10.9. The summed E-state index contributed by atoms with van der Waals surface area (Å²) in [6, 6.07) is 5.62. The van der Waals surface area contributed by atoms with E-state index < -0.39 is 0 Å². The molecule has 0 atom stereocenters. The fraction of sp³-hybridized carbons (Fsp3) is 0.125. The molecule has 3 aromatic heterocycles. The largest absolute Gasteiger partial charge is 0.341 e. The van der Waals surface area contributed by atoms with Gasteiger partial charge >= 0.3 is 0 Å². The van der Waals surface area contributed by atoms with Crippen molar-refractivity contribution in [3.05, 3.63) is 53.7 Å². The highest BCUT2D eigenvalue weighted by atomic mass is 16.1. The number of hydrogen-bond acceptors (Lipinski definition) is 4. The Morgan fingerprint density at radius 3 is 2.71 bits per heavy atom. The van der Waals surface area contributed by atoms with Gasteiger partial charge in [0, 0.05) is 35.4 Å². The van der Waals surface area contributed by atoms with Gasteiger partial charge in [0.1, 0.15) is 5.69 Å². The van der Waals surface area contributed by atoms with Gasteiger partial charge in [-0.15, -0.1) is 0 Å². The zero-order valence-electron chi connectivity index (χ0n) is 11.8. The van der Waals surface area contributed by atoms with Gasteiger partial charge in [-0.05, 0) is 37.6 Å². The molecule has 3 aromatic rings. The first kappa shape index (κ1) is 13.2. The van der Waals surface area contributed by atoms with Gasteiger partial charge in [0.15, 0.2) is 12.1 Å². The average Bonchev–Trinajstić information content (AvgIpc) is 2.87. The highest BCUT2D eigenvalue weighted by Gasteiger charge is 2.08. The lowest BCUT2D eigenvalue weighted by Gasteiger charge is -2.03. The monoisotopic (exact) mass is 278 g/mol. The lowest BCUT2D eigenvalue weighted by Crippen LogP contribution is -1.89. The van der Waals surface area contributed by atoms with E-state index in [4.69, 9.17) is 0 Å². The van der Waals surface area contributed by atoms with E-state index in [0.29, 0.717) is 5.56 Å². The SMILES string of the molecule is Cc1nc(-c2cc(-c3cncc(C=O)c3)ccn2)[nH]c1C. The van der Waals surface area contributed by atoms with Crippen molar-refractivity contribution < 1.29 is 4.79 Å². The van der Waals surface area contributed by atoms with E-state index in [9.17, 15) is 4.79 Å². The number of nitrogens with zero attached hydrogens (tertiary/aromatic N) is 3. The Bertz CT molecular complexity index is 788. The van der Waals surface area contributed by atoms with Gasteiger partial charge < -0.3 is 4.98 Å². The first-order chi connectivity index (χ1) is 10.2. The minimum absolute atomic E-state index is 0.551. The smallest absolute Gasteiger partial charge is 0.156 e. The molecule has 21 heavy (non-hydrogen) atoms. The number of pyridine rings is 2. The summed E-state index contributed by atoms with van der Waals surface area (Å²) in [5.41, 5.74) is 5.13. The van der Waals surface area contributed by atoms with Crippen LogP contribution in [0.4, 0.5) is 0 Å². The second kappa shape index (κ2) is 5.28. The molecule has 0 saturated carbocycles. The minimum Gasteiger partial charge on any atom is -0.341 e. The number of rotatable bonds is 3. The summed E-state index contributed by atoms with van der Waals surface area (Å²) in [7, 11) is 0. The maximum absolute atomic E-state index is 10.9. The molecule has 3 heterocycles. The van der Waals surface area contributed by atoms with Crippen LogP contribution < -0.4 is 0 Å². The molecule has 0 aliphatic carbocycles. The van der Waals surface area contributed by atoms with Crippen molar-refractivity contribution in [3.8, 4) is 22.6 Å². The average molecular weight is 278 g/mol. The summed E-state index contributed by atoms with van der Waals surface area (Å²) in [6.07, 6.45) is 5.78. The number of aromatic amines is 1. The molecule has 5 heteroatoms. The fourth-order valence-electron chi connectivity index (χ4n) is 2.09. The zero-order valence-corrected chi connectivity index (χ0v) is 11.8. The van der Waals surface area contributed by atoms with Gasteiger partial charge in [0.2, 0.25) is 0 Å². The van der Waals surface area contributed by atoms with Crippen LogP contribution in [0.5, 0.6) is 0 Å². The van der Waals surface area contributed by atoms with Gasteiger partial charge in [0.25, 0.3) is 0 Å². The lowest BCUT2D eigenvalue weighted by molar-refractivity contribution is 0.112. The molecule has 0 spiro atoms. The Morgan fingerprint density at radius 1 is 1.14 bits per heavy atom. The molecule has 3 rings (SSSR count). The molecule has 0 fully saturated rings. The Morgan fingerprint density at radius 2 is 2.00 bits per heavy atom. The van der Waals surface area contributed by atoms with Crippen LogP contribution in [0, 0.1) is 13.8 Å². The number of imidazole rings is 1. The van der Waals surface area contributed by atoms with Crippen LogP contribution >= 0.6 is 0 Å². The molecule has 0 amide bonds. The van der Waals surface area contributed by atoms with Crippen molar-refractivity contribution in [1.82, 2.24) is 19.9 Å². The van der Waals surface area contributed by atoms with Crippen LogP contribution in [0.15, 0.2) is 36.8 Å². The van der Waals surface area contributed by atoms with Crippen LogP contribution in [-0.4, -0.2) is 26.2 Å². The first-order valence-electron chi connectivity index (χ1n) is 6.57. The first-order valence-corrected chi connectivity index (χ1v) is 6.57. The van der Waals surface area contributed by atoms with Gasteiger partial charge in [0.05, 0.1) is 5.69 Å². The van der Waals surface area contributed by atoms with Crippen LogP contribution in [-0.2, 0) is 0 Å². The summed E-state index contributed by atoms with van der Waals surface area (Å²) in [5.74, 6) is 0.742. The number of nitrogens with one attached hydrogen (secondary N) is 1. The van der Waals surface area contributed by atoms with E-state index in [1.807, 2.05) is 26.0 Å². The number of aromatic nitrogens is 4. The van der Waals surface area contributed by atoms with Gasteiger partial charge in [-0.1, -0.05) is 0 Å². The van der Waals surface area contributed by atoms with Gasteiger partial charge in [-0.2, -0.15) is 0 Å². The molecular formula is C16H14N4O. The molecule has 0 aromatic carbocycles. The summed E-state index contributed by atoms with van der Waals surface area (Å²) in [4.78, 5) is 27.0. The van der Waals surface area contributed by atoms with Crippen LogP contribution in [0.1, 0.15) is 21.7 Å². The summed E-state index contributed by atoms with van der Waals surface area (Å²) < 4.78 is 0. The molecule has 0 unspecified atom stereocenters. The normalized spacial score (nSPS) is 10.6. The molecule has 0 aliphatic rings. The third-order valence-electron chi connectivity index (χ3n) is 3.36. The molecule has 1 N–H and O–H groups in total. The van der Waals surface area contributed by atoms with Crippen molar-refractivity contribution in [3.63, 3.8) is 0 Å². The van der Waals surface area contributed by atoms with Crippen molar-refractivity contribution in [2.75, 3.05) is 0 Å². The molecule has 0 aliphatic heterocycles. The standard InChI is InChI=1S/C16H14N4O/c1-10-11(2)20-16(19-10)15-6-13(3-4-18-15)14-5-12(9-21)7-17-8-14/h3-9H,1-2H3,(H,19,20). The van der Waals surface area contributed by atoms with Crippen molar-refractivity contribution in [2.45, 2.75) is 13.8 Å². The molecular weight excluding hydrogens is 264 g/mol. The Kier molecular flexibility index (Phi) is 3.31. The Balaban J connectivity index is 2.05. The molecule has 0 saturated heterocycles. The number of aryl methyl sites for hydroxylation is 2. The minimum atomic E-state index is 0.551. The second-order valence-corrected chi connectivity index (χ2v) is 4.85. The zero-order chi connectivity index (χ0) is 14.8. The van der Waals surface area contributed by atoms with Crippen molar-refractivity contribution in [1.29, 1.82) is 0 Å². The predicted octanol–water partition coefficient (Wildman–Crippen LogP) is 2.96. The molecule has 0 radical (unpaired) electrons. The van der Waals surface area contributed by atoms with E-state index >= 15 is 0 Å². The van der Waals surface area contributed by atoms with Gasteiger partial charge in [-0.3, -0.25) is 14.8 Å². The molecule has 0 bridgehead atoms. The number of carbonyl (C=O) groups excluding carboxylic acids is 1. The lowest BCUT2D eigenvalue weighted by atomic mass is 10.1. The molecule has 5 nitrogen and oxygen atoms in total. The second-order valence-electron chi connectivity index (χ2n) is 4.85. The highest BCUT2D eigenvalue weighted by Crippen LogP contribution is 2.23. The van der Waals surface area contributed by atoms with E-state index in [2.05, 4.69) is 19.9 Å². The van der Waals surface area contributed by atoms with Crippen molar-refractivity contribution >= 4 is 6.29 Å². The Labute approximate surface area is 122 Å². The van der Waals surface area contributed by atoms with E-state index in [-0.39, 0.29) is 0 Å². The fourth-order valence-corrected chi connectivity index (χ4v) is 2.09. The van der Waals surface area contributed by atoms with Crippen molar-refractivity contribution in [2.24, 2.45) is 0 Å². The highest BCUT2D eigenvalue weighted by molar-refractivity contribution is 5.78. The Hall–Kier alpha value is -2.82. The number of hydrogen-bond donors (Lipinski definition) is 1. The third kappa shape index (κ3) is 2.58. The third-order valence-corrected chi connectivity index (χ3v) is 3.36. The summed E-state index contributed by atoms with van der Waals surface area (Å²) in [6.45, 7) is 3.93. The van der Waals surface area contributed by atoms with E-state index in [1.54, 1.807) is 18.5 Å². The quantitative estimate of drug-likeness (QED) is 0.748. The van der Waals surface area contributed by atoms with Crippen LogP contribution in [0.3, 0.4) is 0 Å². The number of carbonyl (C=O) groups is 1. The molecule has 104 valence electrons. The van der Waals surface area contributed by atoms with E-state index in [0.717, 1.165) is 40.3 Å². The van der Waals surface area contributed by atoms with Crippen LogP contribution in [0.2, 0.25) is 0 Å².